The van der Waals surface area contributed by atoms with Crippen molar-refractivity contribution in [2.75, 3.05) is 27.4 Å². The van der Waals surface area contributed by atoms with Crippen molar-refractivity contribution in [2.24, 2.45) is 0 Å². The molecule has 1 amide bonds. The van der Waals surface area contributed by atoms with E-state index in [1.165, 1.54) is 32.4 Å². The predicted octanol–water partition coefficient (Wildman–Crippen LogP) is 1.77. The van der Waals surface area contributed by atoms with Crippen molar-refractivity contribution in [3.05, 3.63) is 63.7 Å². The molecular weight excluding hydrogens is 384 g/mol. The number of carbonyl (C=O) groups is 3. The van der Waals surface area contributed by atoms with Crippen LogP contribution in [-0.2, 0) is 9.53 Å². The van der Waals surface area contributed by atoms with Crippen molar-refractivity contribution in [3.63, 3.8) is 0 Å². The maximum Gasteiger partial charge on any atom is 0.325 e. The number of Topliss-reactive ketones (excluding diaryl/α,β-unsaturated/α-hetero) is 1. The Morgan fingerprint density at radius 2 is 1.72 bits per heavy atom. The molecule has 152 valence electrons. The summed E-state index contributed by atoms with van der Waals surface area (Å²) >= 11 is 0. The number of methoxy groups -OCH3 is 2. The van der Waals surface area contributed by atoms with Crippen molar-refractivity contribution in [3.8, 4) is 11.5 Å². The van der Waals surface area contributed by atoms with Crippen LogP contribution in [-0.4, -0.2) is 50.0 Å². The van der Waals surface area contributed by atoms with Gasteiger partial charge >= 0.3 is 11.7 Å². The van der Waals surface area contributed by atoms with E-state index < -0.39 is 35.7 Å². The van der Waals surface area contributed by atoms with Crippen molar-refractivity contribution in [1.29, 1.82) is 0 Å². The molecule has 0 fully saturated rings. The zero-order valence-electron chi connectivity index (χ0n) is 15.7. The van der Waals surface area contributed by atoms with Crippen LogP contribution in [0, 0.1) is 10.1 Å². The third-order valence-electron chi connectivity index (χ3n) is 3.80. The van der Waals surface area contributed by atoms with Crippen LogP contribution >= 0.6 is 0 Å². The van der Waals surface area contributed by atoms with E-state index in [1.807, 2.05) is 0 Å². The fraction of sp³-hybridized carbons (Fsp3) is 0.211. The molecule has 0 saturated carbocycles. The SMILES string of the molecule is COc1ccccc1C(=O)COC(=O)CNC(=O)c1ccc(OC)c([N+](=O)[O-])c1. The van der Waals surface area contributed by atoms with Gasteiger partial charge in [0.1, 0.15) is 12.3 Å². The number of nitro benzene ring substituents is 1. The molecule has 0 aliphatic rings. The number of carbonyl (C=O) groups excluding carboxylic acids is 3. The van der Waals surface area contributed by atoms with E-state index in [1.54, 1.807) is 18.2 Å². The number of hydrogen-bond acceptors (Lipinski definition) is 8. The second-order valence-electron chi connectivity index (χ2n) is 5.61. The van der Waals surface area contributed by atoms with Crippen LogP contribution in [0.2, 0.25) is 0 Å². The minimum atomic E-state index is -0.843. The lowest BCUT2D eigenvalue weighted by Gasteiger charge is -2.09. The van der Waals surface area contributed by atoms with Gasteiger partial charge in [0, 0.05) is 11.6 Å². The fourth-order valence-electron chi connectivity index (χ4n) is 2.38. The summed E-state index contributed by atoms with van der Waals surface area (Å²) < 4.78 is 14.8. The lowest BCUT2D eigenvalue weighted by atomic mass is 10.1. The summed E-state index contributed by atoms with van der Waals surface area (Å²) in [5, 5.41) is 13.3. The molecule has 2 aromatic rings. The van der Waals surface area contributed by atoms with Gasteiger partial charge in [0.15, 0.2) is 12.4 Å². The lowest BCUT2D eigenvalue weighted by Crippen LogP contribution is -2.31. The van der Waals surface area contributed by atoms with Gasteiger partial charge in [-0.15, -0.1) is 0 Å². The van der Waals surface area contributed by atoms with Crippen LogP contribution in [0.15, 0.2) is 42.5 Å². The Kier molecular flexibility index (Phi) is 7.24. The molecule has 10 nitrogen and oxygen atoms in total. The normalized spacial score (nSPS) is 10.0. The number of hydrogen-bond donors (Lipinski definition) is 1. The Balaban J connectivity index is 1.90. The smallest absolute Gasteiger partial charge is 0.325 e. The number of nitrogens with zero attached hydrogens (tertiary/aromatic N) is 1. The summed E-state index contributed by atoms with van der Waals surface area (Å²) in [6.45, 7) is -1.04. The molecule has 2 rings (SSSR count). The van der Waals surface area contributed by atoms with Crippen LogP contribution in [0.3, 0.4) is 0 Å². The molecule has 0 atom stereocenters. The number of ether oxygens (including phenoxy) is 3. The van der Waals surface area contributed by atoms with Crippen molar-refractivity contribution >= 4 is 23.3 Å². The quantitative estimate of drug-likeness (QED) is 0.290. The average Bonchev–Trinajstić information content (AvgIpc) is 2.74. The Morgan fingerprint density at radius 1 is 1.03 bits per heavy atom. The lowest BCUT2D eigenvalue weighted by molar-refractivity contribution is -0.385. The number of benzene rings is 2. The largest absolute Gasteiger partial charge is 0.496 e. The number of amides is 1. The maximum absolute atomic E-state index is 12.1. The summed E-state index contributed by atoms with van der Waals surface area (Å²) in [5.74, 6) is -1.68. The Bertz CT molecular complexity index is 942. The number of nitrogens with one attached hydrogen (secondary N) is 1. The van der Waals surface area contributed by atoms with Gasteiger partial charge in [-0.05, 0) is 24.3 Å². The highest BCUT2D eigenvalue weighted by Gasteiger charge is 2.19. The maximum atomic E-state index is 12.1. The van der Waals surface area contributed by atoms with E-state index in [2.05, 4.69) is 5.32 Å². The van der Waals surface area contributed by atoms with Gasteiger partial charge in [0.2, 0.25) is 5.78 Å². The molecule has 2 aromatic carbocycles. The number of para-hydroxylation sites is 1. The molecule has 0 aliphatic carbocycles. The van der Waals surface area contributed by atoms with Crippen molar-refractivity contribution in [1.82, 2.24) is 5.32 Å². The van der Waals surface area contributed by atoms with Crippen LogP contribution in [0.4, 0.5) is 5.69 Å². The van der Waals surface area contributed by atoms with Crippen LogP contribution in [0.25, 0.3) is 0 Å². The van der Waals surface area contributed by atoms with Crippen molar-refractivity contribution < 1.29 is 33.5 Å². The number of nitro groups is 1. The summed E-state index contributed by atoms with van der Waals surface area (Å²) in [4.78, 5) is 46.4. The van der Waals surface area contributed by atoms with Gasteiger partial charge in [-0.2, -0.15) is 0 Å². The van der Waals surface area contributed by atoms with Crippen LogP contribution in [0.5, 0.6) is 11.5 Å². The highest BCUT2D eigenvalue weighted by Crippen LogP contribution is 2.27. The minimum Gasteiger partial charge on any atom is -0.496 e. The summed E-state index contributed by atoms with van der Waals surface area (Å²) in [5.41, 5.74) is -0.155. The molecule has 0 unspecified atom stereocenters. The van der Waals surface area contributed by atoms with E-state index in [0.29, 0.717) is 5.75 Å². The first-order valence-corrected chi connectivity index (χ1v) is 8.29. The van der Waals surface area contributed by atoms with Crippen LogP contribution < -0.4 is 14.8 Å². The standard InChI is InChI=1S/C19H18N2O8/c1-27-16-6-4-3-5-13(16)15(22)11-29-18(23)10-20-19(24)12-7-8-17(28-2)14(9-12)21(25)26/h3-9H,10-11H2,1-2H3,(H,20,24). The van der Waals surface area contributed by atoms with Gasteiger partial charge in [-0.1, -0.05) is 12.1 Å². The molecule has 0 radical (unpaired) electrons. The molecular formula is C19H18N2O8. The van der Waals surface area contributed by atoms with E-state index in [-0.39, 0.29) is 22.6 Å². The zero-order valence-corrected chi connectivity index (χ0v) is 15.7. The molecule has 0 bridgehead atoms. The first-order chi connectivity index (χ1) is 13.9. The van der Waals surface area contributed by atoms with E-state index in [0.717, 1.165) is 6.07 Å². The Morgan fingerprint density at radius 3 is 2.38 bits per heavy atom. The molecule has 1 N–H and O–H groups in total. The first kappa shape index (κ1) is 21.4. The third kappa shape index (κ3) is 5.51. The number of esters is 1. The molecule has 0 aromatic heterocycles. The second-order valence-corrected chi connectivity index (χ2v) is 5.61. The van der Waals surface area contributed by atoms with E-state index >= 15 is 0 Å². The van der Waals surface area contributed by atoms with Crippen molar-refractivity contribution in [2.45, 2.75) is 0 Å². The summed E-state index contributed by atoms with van der Waals surface area (Å²) in [7, 11) is 2.68. The first-order valence-electron chi connectivity index (χ1n) is 8.29. The third-order valence-corrected chi connectivity index (χ3v) is 3.80. The topological polar surface area (TPSA) is 134 Å². The highest BCUT2D eigenvalue weighted by molar-refractivity contribution is 6.00. The zero-order chi connectivity index (χ0) is 21.4. The number of ketones is 1. The van der Waals surface area contributed by atoms with E-state index in [9.17, 15) is 24.5 Å². The summed E-state index contributed by atoms with van der Waals surface area (Å²) in [6.07, 6.45) is 0. The van der Waals surface area contributed by atoms with Gasteiger partial charge in [0.25, 0.3) is 5.91 Å². The molecule has 0 spiro atoms. The average molecular weight is 402 g/mol. The number of rotatable bonds is 9. The molecule has 0 aliphatic heterocycles. The molecule has 10 heteroatoms. The highest BCUT2D eigenvalue weighted by atomic mass is 16.6. The fourth-order valence-corrected chi connectivity index (χ4v) is 2.38. The predicted molar refractivity (Wildman–Crippen MR) is 100 cm³/mol. The van der Waals surface area contributed by atoms with Gasteiger partial charge in [0.05, 0.1) is 24.7 Å². The van der Waals surface area contributed by atoms with Gasteiger partial charge in [-0.3, -0.25) is 24.5 Å². The van der Waals surface area contributed by atoms with Crippen LogP contribution in [0.1, 0.15) is 20.7 Å². The molecule has 0 heterocycles. The minimum absolute atomic E-state index is 0.000752. The van der Waals surface area contributed by atoms with Gasteiger partial charge in [-0.25, -0.2) is 0 Å². The second kappa shape index (κ2) is 9.83. The van der Waals surface area contributed by atoms with E-state index in [4.69, 9.17) is 14.2 Å². The molecule has 29 heavy (non-hydrogen) atoms. The molecule has 0 saturated heterocycles. The summed E-state index contributed by atoms with van der Waals surface area (Å²) in [6, 6.07) is 10.1. The monoisotopic (exact) mass is 402 g/mol. The Hall–Kier alpha value is -3.95. The Labute approximate surface area is 165 Å². The van der Waals surface area contributed by atoms with Gasteiger partial charge < -0.3 is 19.5 Å².